The number of aliphatic hydroxyl groups excluding tert-OH is 2. The van der Waals surface area contributed by atoms with Gasteiger partial charge in [-0.15, -0.1) is 6.58 Å². The van der Waals surface area contributed by atoms with E-state index < -0.39 is 12.2 Å². The molecule has 0 fully saturated rings. The molecule has 1 aromatic carbocycles. The van der Waals surface area contributed by atoms with Crippen molar-refractivity contribution in [3.63, 3.8) is 0 Å². The summed E-state index contributed by atoms with van der Waals surface area (Å²) in [4.78, 5) is 0. The van der Waals surface area contributed by atoms with Gasteiger partial charge in [-0.3, -0.25) is 0 Å². The average molecular weight is 658 g/mol. The van der Waals surface area contributed by atoms with E-state index in [1.807, 2.05) is 30.3 Å². The maximum atomic E-state index is 9.95. The fourth-order valence-corrected chi connectivity index (χ4v) is 2.64. The maximum Gasteiger partial charge on any atom is 0 e. The van der Waals surface area contributed by atoms with Crippen LogP contribution in [0, 0.1) is 51.7 Å². The van der Waals surface area contributed by atoms with Crippen LogP contribution in [0.4, 0.5) is 0 Å². The molecule has 224 valence electrons. The average Bonchev–Trinajstić information content (AvgIpc) is 3.03. The van der Waals surface area contributed by atoms with E-state index in [1.165, 1.54) is 0 Å². The Morgan fingerprint density at radius 3 is 1.93 bits per heavy atom. The van der Waals surface area contributed by atoms with Crippen molar-refractivity contribution in [3.8, 4) is 17.6 Å². The Morgan fingerprint density at radius 1 is 0.951 bits per heavy atom. The van der Waals surface area contributed by atoms with Crippen LogP contribution in [-0.2, 0) is 77.6 Å². The Morgan fingerprint density at radius 2 is 1.46 bits per heavy atom. The van der Waals surface area contributed by atoms with E-state index in [4.69, 9.17) is 42.1 Å². The van der Waals surface area contributed by atoms with E-state index in [-0.39, 0.29) is 45.8 Å². The van der Waals surface area contributed by atoms with E-state index in [9.17, 15) is 10.2 Å². The number of aliphatic hydroxyl groups is 2. The van der Waals surface area contributed by atoms with Gasteiger partial charge in [-0.2, -0.15) is 0 Å². The molecule has 1 aliphatic heterocycles. The maximum absolute atomic E-state index is 9.95. The molecule has 0 amide bonds. The van der Waals surface area contributed by atoms with E-state index >= 15 is 0 Å². The van der Waals surface area contributed by atoms with Crippen LogP contribution in [0.5, 0.6) is 5.75 Å². The Balaban J connectivity index is -0.000000146. The molecule has 2 rings (SSSR count). The summed E-state index contributed by atoms with van der Waals surface area (Å²) in [6.07, 6.45) is 4.94. The van der Waals surface area contributed by atoms with Crippen molar-refractivity contribution >= 4 is 0 Å². The third-order valence-electron chi connectivity index (χ3n) is 4.19. The van der Waals surface area contributed by atoms with E-state index in [2.05, 4.69) is 58.3 Å². The van der Waals surface area contributed by atoms with Gasteiger partial charge < -0.3 is 24.4 Å². The minimum absolute atomic E-state index is 0. The molecule has 0 saturated carbocycles. The fourth-order valence-electron chi connectivity index (χ4n) is 2.64. The first-order valence-electron chi connectivity index (χ1n) is 10.3. The van der Waals surface area contributed by atoms with Crippen LogP contribution in [0.3, 0.4) is 0 Å². The van der Waals surface area contributed by atoms with Crippen LogP contribution in [0.25, 0.3) is 0 Å². The number of methoxy groups -OCH3 is 1. The molecular formula is C28H28Co2O11. The molecule has 2 radical (unpaired) electrons. The van der Waals surface area contributed by atoms with Crippen LogP contribution in [0.1, 0.15) is 24.8 Å². The van der Waals surface area contributed by atoms with Gasteiger partial charge in [0.25, 0.3) is 0 Å². The Hall–Kier alpha value is -2.65. The predicted molar refractivity (Wildman–Crippen MR) is 128 cm³/mol. The van der Waals surface area contributed by atoms with E-state index in [0.717, 1.165) is 11.3 Å². The van der Waals surface area contributed by atoms with Crippen molar-refractivity contribution in [2.45, 2.75) is 50.3 Å². The first-order chi connectivity index (χ1) is 19.1. The van der Waals surface area contributed by atoms with Gasteiger partial charge in [-0.05, 0) is 24.1 Å². The molecule has 41 heavy (non-hydrogen) atoms. The topological polar surface area (TPSA) is 188 Å². The monoisotopic (exact) mass is 658 g/mol. The van der Waals surface area contributed by atoms with Gasteiger partial charge in [0.2, 0.25) is 0 Å². The summed E-state index contributed by atoms with van der Waals surface area (Å²) in [7, 11) is 1.63. The third-order valence-corrected chi connectivity index (χ3v) is 4.19. The van der Waals surface area contributed by atoms with Crippen molar-refractivity contribution in [3.05, 3.63) is 94.5 Å². The van der Waals surface area contributed by atoms with Crippen LogP contribution < -0.4 is 4.74 Å². The SMILES string of the molecule is C=CC[C@@H]1C=C[C@H](O)[C@@H](CC#CC(O)CCOCc2ccc(OC)cc2)O1.[C-]#[O+].[C-]#[O+].[C-]#[O+].[C-]#[O+].[C-]#[O+].[C-]#[O+].[Co].[Co]. The molecule has 0 spiro atoms. The van der Waals surface area contributed by atoms with Crippen LogP contribution in [-0.4, -0.2) is 48.3 Å². The van der Waals surface area contributed by atoms with Gasteiger partial charge in [-0.1, -0.05) is 42.2 Å². The van der Waals surface area contributed by atoms with Gasteiger partial charge in [-0.25, -0.2) is 0 Å². The van der Waals surface area contributed by atoms with Crippen molar-refractivity contribution in [1.82, 2.24) is 0 Å². The third kappa shape index (κ3) is 31.7. The normalized spacial score (nSPS) is 15.1. The minimum atomic E-state index is -0.763. The molecule has 1 aromatic rings. The van der Waals surface area contributed by atoms with Gasteiger partial charge in [0.1, 0.15) is 11.9 Å². The zero-order valence-corrected chi connectivity index (χ0v) is 23.9. The molecule has 1 aliphatic rings. The van der Waals surface area contributed by atoms with Crippen molar-refractivity contribution in [2.24, 2.45) is 0 Å². The Kier molecular flexibility index (Phi) is 62.6. The van der Waals surface area contributed by atoms with Gasteiger partial charge in [0.15, 0.2) is 0 Å². The van der Waals surface area contributed by atoms with Crippen molar-refractivity contribution in [2.75, 3.05) is 13.7 Å². The van der Waals surface area contributed by atoms with Crippen LogP contribution in [0.2, 0.25) is 0 Å². The van der Waals surface area contributed by atoms with Gasteiger partial charge in [0, 0.05) is 46.4 Å². The second kappa shape index (κ2) is 47.2. The van der Waals surface area contributed by atoms with Crippen LogP contribution in [0.15, 0.2) is 49.1 Å². The Bertz CT molecular complexity index is 878. The largest absolute Gasteiger partial charge is 0 e. The summed E-state index contributed by atoms with van der Waals surface area (Å²) >= 11 is 0. The predicted octanol–water partition coefficient (Wildman–Crippen LogP) is 2.39. The molecule has 0 aromatic heterocycles. The second-order valence-corrected chi connectivity index (χ2v) is 6.34. The molecule has 1 heterocycles. The zero-order chi connectivity index (χ0) is 31.5. The summed E-state index contributed by atoms with van der Waals surface area (Å²) in [6, 6.07) is 7.66. The fraction of sp³-hybridized carbons (Fsp3) is 0.357. The molecule has 4 atom stereocenters. The zero-order valence-electron chi connectivity index (χ0n) is 21.8. The van der Waals surface area contributed by atoms with Crippen molar-refractivity contribution in [1.29, 1.82) is 0 Å². The summed E-state index contributed by atoms with van der Waals surface area (Å²) in [5.41, 5.74) is 1.04. The van der Waals surface area contributed by atoms with Crippen molar-refractivity contribution < 1.29 is 85.9 Å². The molecule has 0 saturated heterocycles. The quantitative estimate of drug-likeness (QED) is 0.135. The number of rotatable bonds is 9. The number of hydrogen-bond acceptors (Lipinski definition) is 5. The molecule has 0 aliphatic carbocycles. The van der Waals surface area contributed by atoms with Gasteiger partial charge >= 0.3 is 67.8 Å². The molecule has 13 heteroatoms. The van der Waals surface area contributed by atoms with Crippen LogP contribution >= 0.6 is 0 Å². The standard InChI is InChI=1S/C22H28O5.6CO.2Co/c1-3-5-20-12-13-21(24)22(27-20)7-4-6-18(23)14-15-26-16-17-8-10-19(25-2)11-9-17;6*1-2;;/h3,8-13,18,20-24H,1,5,7,14-16H2,2H3;;;;;;;;/t18?,20-,21+,22-;;;;;;;;/m1......../s1. The molecule has 2 N–H and O–H groups in total. The molecule has 11 nitrogen and oxygen atoms in total. The number of hydrogen-bond donors (Lipinski definition) is 2. The number of benzene rings is 1. The van der Waals surface area contributed by atoms with E-state index in [0.29, 0.717) is 32.5 Å². The minimum Gasteiger partial charge on any atom is 0 e. The summed E-state index contributed by atoms with van der Waals surface area (Å²) in [6.45, 7) is 31.6. The second-order valence-electron chi connectivity index (χ2n) is 6.34. The first kappa shape index (κ1) is 54.4. The molecule has 0 bridgehead atoms. The molecular weight excluding hydrogens is 630 g/mol. The smallest absolute Gasteiger partial charge is 0 e. The van der Waals surface area contributed by atoms with Gasteiger partial charge in [0.05, 0.1) is 38.6 Å². The summed E-state index contributed by atoms with van der Waals surface area (Å²) < 4.78 is 61.4. The first-order valence-corrected chi connectivity index (χ1v) is 10.3. The number of ether oxygens (including phenoxy) is 3. The van der Waals surface area contributed by atoms with E-state index in [1.54, 1.807) is 19.3 Å². The summed E-state index contributed by atoms with van der Waals surface area (Å²) in [5.74, 6) is 6.50. The Labute approximate surface area is 261 Å². The molecule has 1 unspecified atom stereocenters. The summed E-state index contributed by atoms with van der Waals surface area (Å²) in [5, 5.41) is 19.9.